The van der Waals surface area contributed by atoms with Gasteiger partial charge in [-0.3, -0.25) is 0 Å². The van der Waals surface area contributed by atoms with Gasteiger partial charge in [-0.1, -0.05) is 18.2 Å². The number of methoxy groups -OCH3 is 1. The zero-order valence-electron chi connectivity index (χ0n) is 10.2. The second-order valence-corrected chi connectivity index (χ2v) is 4.30. The molecule has 0 saturated heterocycles. The van der Waals surface area contributed by atoms with Gasteiger partial charge in [0.05, 0.1) is 7.11 Å². The lowest BCUT2D eigenvalue weighted by Crippen LogP contribution is -2.38. The molecule has 1 atom stereocenters. The Kier molecular flexibility index (Phi) is 3.70. The summed E-state index contributed by atoms with van der Waals surface area (Å²) < 4.78 is 4.57. The van der Waals surface area contributed by atoms with Gasteiger partial charge in [-0.25, -0.2) is 4.79 Å². The molecule has 0 amide bonds. The van der Waals surface area contributed by atoms with Crippen LogP contribution in [0.1, 0.15) is 23.6 Å². The minimum absolute atomic E-state index is 0.271. The molecular formula is C13H18O3. The molecule has 0 aliphatic rings. The average molecular weight is 222 g/mol. The van der Waals surface area contributed by atoms with E-state index in [-0.39, 0.29) is 6.42 Å². The highest BCUT2D eigenvalue weighted by atomic mass is 16.5. The van der Waals surface area contributed by atoms with Crippen LogP contribution in [0.3, 0.4) is 0 Å². The van der Waals surface area contributed by atoms with Crippen LogP contribution in [-0.2, 0) is 16.0 Å². The van der Waals surface area contributed by atoms with Crippen LogP contribution in [0.5, 0.6) is 0 Å². The summed E-state index contributed by atoms with van der Waals surface area (Å²) in [6, 6.07) is 5.84. The van der Waals surface area contributed by atoms with Crippen molar-refractivity contribution in [3.8, 4) is 0 Å². The summed E-state index contributed by atoms with van der Waals surface area (Å²) in [5.74, 6) is -0.603. The molecule has 0 aromatic heterocycles. The van der Waals surface area contributed by atoms with Gasteiger partial charge >= 0.3 is 5.97 Å². The Hall–Kier alpha value is -1.35. The Morgan fingerprint density at radius 1 is 1.44 bits per heavy atom. The minimum Gasteiger partial charge on any atom is -0.467 e. The summed E-state index contributed by atoms with van der Waals surface area (Å²) in [7, 11) is 1.28. The maximum atomic E-state index is 11.4. The largest absolute Gasteiger partial charge is 0.467 e. The molecular weight excluding hydrogens is 204 g/mol. The summed E-state index contributed by atoms with van der Waals surface area (Å²) in [6.45, 7) is 5.46. The molecule has 1 aromatic carbocycles. The van der Waals surface area contributed by atoms with Crippen molar-refractivity contribution in [1.82, 2.24) is 0 Å². The Morgan fingerprint density at radius 2 is 2.06 bits per heavy atom. The van der Waals surface area contributed by atoms with Gasteiger partial charge in [0.2, 0.25) is 0 Å². The summed E-state index contributed by atoms with van der Waals surface area (Å²) >= 11 is 0. The van der Waals surface area contributed by atoms with Gasteiger partial charge < -0.3 is 9.84 Å². The van der Waals surface area contributed by atoms with Crippen LogP contribution < -0.4 is 0 Å². The van der Waals surface area contributed by atoms with E-state index in [9.17, 15) is 9.90 Å². The standard InChI is InChI=1S/C13H18O3/c1-9-6-5-7-11(10(9)2)8-13(3,15)12(14)16-4/h5-7,15H,8H2,1-4H3. The lowest BCUT2D eigenvalue weighted by molar-refractivity contribution is -0.160. The number of rotatable bonds is 3. The summed E-state index contributed by atoms with van der Waals surface area (Å²) in [5.41, 5.74) is 1.76. The molecule has 0 saturated carbocycles. The third-order valence-electron chi connectivity index (χ3n) is 2.88. The van der Waals surface area contributed by atoms with E-state index in [1.165, 1.54) is 14.0 Å². The molecule has 0 aliphatic heterocycles. The van der Waals surface area contributed by atoms with Crippen LogP contribution >= 0.6 is 0 Å². The average Bonchev–Trinajstić information content (AvgIpc) is 2.23. The summed E-state index contributed by atoms with van der Waals surface area (Å²) in [4.78, 5) is 11.4. The first-order valence-corrected chi connectivity index (χ1v) is 5.24. The Balaban J connectivity index is 2.96. The van der Waals surface area contributed by atoms with Gasteiger partial charge in [-0.05, 0) is 37.5 Å². The van der Waals surface area contributed by atoms with E-state index in [0.29, 0.717) is 0 Å². The number of hydrogen-bond acceptors (Lipinski definition) is 3. The lowest BCUT2D eigenvalue weighted by Gasteiger charge is -2.21. The van der Waals surface area contributed by atoms with E-state index in [4.69, 9.17) is 0 Å². The summed E-state index contributed by atoms with van der Waals surface area (Å²) in [5, 5.41) is 9.98. The highest BCUT2D eigenvalue weighted by Crippen LogP contribution is 2.20. The fraction of sp³-hybridized carbons (Fsp3) is 0.462. The number of benzene rings is 1. The van der Waals surface area contributed by atoms with Gasteiger partial charge in [0.1, 0.15) is 0 Å². The zero-order chi connectivity index (χ0) is 12.3. The van der Waals surface area contributed by atoms with Crippen LogP contribution in [0.25, 0.3) is 0 Å². The van der Waals surface area contributed by atoms with E-state index in [1.807, 2.05) is 32.0 Å². The van der Waals surface area contributed by atoms with Crippen molar-refractivity contribution in [3.05, 3.63) is 34.9 Å². The van der Waals surface area contributed by atoms with Gasteiger partial charge in [0.15, 0.2) is 5.60 Å². The minimum atomic E-state index is -1.46. The van der Waals surface area contributed by atoms with Crippen molar-refractivity contribution >= 4 is 5.97 Å². The highest BCUT2D eigenvalue weighted by Gasteiger charge is 2.32. The van der Waals surface area contributed by atoms with Crippen molar-refractivity contribution in [1.29, 1.82) is 0 Å². The van der Waals surface area contributed by atoms with Crippen LogP contribution in [0, 0.1) is 13.8 Å². The predicted molar refractivity (Wildman–Crippen MR) is 62.3 cm³/mol. The van der Waals surface area contributed by atoms with Crippen LogP contribution in [-0.4, -0.2) is 23.8 Å². The predicted octanol–water partition coefficient (Wildman–Crippen LogP) is 1.77. The van der Waals surface area contributed by atoms with Gasteiger partial charge in [-0.15, -0.1) is 0 Å². The van der Waals surface area contributed by atoms with Crippen molar-refractivity contribution in [2.75, 3.05) is 7.11 Å². The van der Waals surface area contributed by atoms with Crippen LogP contribution in [0.4, 0.5) is 0 Å². The molecule has 3 nitrogen and oxygen atoms in total. The second kappa shape index (κ2) is 4.66. The molecule has 1 aromatic rings. The second-order valence-electron chi connectivity index (χ2n) is 4.30. The maximum Gasteiger partial charge on any atom is 0.337 e. The Bertz CT molecular complexity index is 394. The SMILES string of the molecule is COC(=O)C(C)(O)Cc1cccc(C)c1C. The van der Waals surface area contributed by atoms with Crippen LogP contribution in [0.15, 0.2) is 18.2 Å². The molecule has 16 heavy (non-hydrogen) atoms. The van der Waals surface area contributed by atoms with Crippen molar-refractivity contribution in [3.63, 3.8) is 0 Å². The highest BCUT2D eigenvalue weighted by molar-refractivity contribution is 5.79. The molecule has 3 heteroatoms. The number of aliphatic hydroxyl groups is 1. The summed E-state index contributed by atoms with van der Waals surface area (Å²) in [6.07, 6.45) is 0.271. The number of aryl methyl sites for hydroxylation is 1. The normalized spacial score (nSPS) is 14.3. The molecule has 0 spiro atoms. The Morgan fingerprint density at radius 3 is 2.62 bits per heavy atom. The number of ether oxygens (including phenoxy) is 1. The first-order valence-electron chi connectivity index (χ1n) is 5.24. The molecule has 0 bridgehead atoms. The number of carbonyl (C=O) groups excluding carboxylic acids is 1. The van der Waals surface area contributed by atoms with E-state index >= 15 is 0 Å². The van der Waals surface area contributed by atoms with Crippen molar-refractivity contribution in [2.24, 2.45) is 0 Å². The smallest absolute Gasteiger partial charge is 0.337 e. The lowest BCUT2D eigenvalue weighted by atomic mass is 9.92. The zero-order valence-corrected chi connectivity index (χ0v) is 10.2. The molecule has 88 valence electrons. The van der Waals surface area contributed by atoms with Crippen molar-refractivity contribution < 1.29 is 14.6 Å². The van der Waals surface area contributed by atoms with Gasteiger partial charge in [0.25, 0.3) is 0 Å². The molecule has 0 aliphatic carbocycles. The van der Waals surface area contributed by atoms with E-state index in [2.05, 4.69) is 4.74 Å². The van der Waals surface area contributed by atoms with Crippen LogP contribution in [0.2, 0.25) is 0 Å². The molecule has 1 unspecified atom stereocenters. The third kappa shape index (κ3) is 2.61. The third-order valence-corrected chi connectivity index (χ3v) is 2.88. The fourth-order valence-corrected chi connectivity index (χ4v) is 1.67. The topological polar surface area (TPSA) is 46.5 Å². The maximum absolute atomic E-state index is 11.4. The van der Waals surface area contributed by atoms with E-state index in [1.54, 1.807) is 0 Å². The molecule has 1 N–H and O–H groups in total. The molecule has 0 radical (unpaired) electrons. The fourth-order valence-electron chi connectivity index (χ4n) is 1.67. The number of carbonyl (C=O) groups is 1. The quantitative estimate of drug-likeness (QED) is 0.793. The van der Waals surface area contributed by atoms with Crippen molar-refractivity contribution in [2.45, 2.75) is 32.8 Å². The number of esters is 1. The number of hydrogen-bond donors (Lipinski definition) is 1. The first-order chi connectivity index (χ1) is 7.38. The van der Waals surface area contributed by atoms with E-state index in [0.717, 1.165) is 16.7 Å². The molecule has 1 rings (SSSR count). The van der Waals surface area contributed by atoms with Gasteiger partial charge in [-0.2, -0.15) is 0 Å². The van der Waals surface area contributed by atoms with Gasteiger partial charge in [0, 0.05) is 6.42 Å². The monoisotopic (exact) mass is 222 g/mol. The Labute approximate surface area is 96.1 Å². The first kappa shape index (κ1) is 12.7. The molecule has 0 heterocycles. The van der Waals surface area contributed by atoms with E-state index < -0.39 is 11.6 Å². The molecule has 0 fully saturated rings.